The molecule has 0 spiro atoms. The lowest BCUT2D eigenvalue weighted by molar-refractivity contribution is -0.142. The molecule has 2 N–H and O–H groups in total. The smallest absolute Gasteiger partial charge is 0.355 e. The summed E-state index contributed by atoms with van der Waals surface area (Å²) in [6.07, 6.45) is -4.16. The third kappa shape index (κ3) is 7.91. The van der Waals surface area contributed by atoms with E-state index in [2.05, 4.69) is 15.6 Å². The van der Waals surface area contributed by atoms with Gasteiger partial charge in [0.15, 0.2) is 5.96 Å². The summed E-state index contributed by atoms with van der Waals surface area (Å²) in [5.41, 5.74) is 0. The lowest BCUT2D eigenvalue weighted by Gasteiger charge is -2.19. The Morgan fingerprint density at radius 2 is 2.05 bits per heavy atom. The van der Waals surface area contributed by atoms with E-state index in [1.54, 1.807) is 18.4 Å². The highest BCUT2D eigenvalue weighted by Crippen LogP contribution is 2.15. The van der Waals surface area contributed by atoms with Crippen molar-refractivity contribution in [3.8, 4) is 0 Å². The van der Waals surface area contributed by atoms with Crippen LogP contribution in [0.3, 0.4) is 0 Å². The number of alkyl halides is 3. The predicted octanol–water partition coefficient (Wildman–Crippen LogP) is 2.22. The zero-order chi connectivity index (χ0) is 15.9. The summed E-state index contributed by atoms with van der Waals surface area (Å²) in [6, 6.07) is 4.08. The van der Waals surface area contributed by atoms with E-state index in [1.807, 2.05) is 19.1 Å². The molecule has 1 heterocycles. The van der Waals surface area contributed by atoms with Gasteiger partial charge in [0.05, 0.1) is 13.1 Å². The van der Waals surface area contributed by atoms with Crippen LogP contribution in [0.2, 0.25) is 0 Å². The number of aliphatic imine (C=N–C) groups is 1. The molecule has 8 heteroatoms. The molecule has 0 radical (unpaired) electrons. The van der Waals surface area contributed by atoms with Crippen LogP contribution >= 0.6 is 11.3 Å². The van der Waals surface area contributed by atoms with Gasteiger partial charge in [-0.2, -0.15) is 13.2 Å². The molecule has 0 saturated heterocycles. The fraction of sp³-hybridized carbons (Fsp3) is 0.615. The van der Waals surface area contributed by atoms with Crippen molar-refractivity contribution in [3.05, 3.63) is 21.9 Å². The van der Waals surface area contributed by atoms with Crippen LogP contribution in [0.5, 0.6) is 0 Å². The highest BCUT2D eigenvalue weighted by Gasteiger charge is 2.28. The van der Waals surface area contributed by atoms with Crippen LogP contribution in [0.4, 0.5) is 13.2 Å². The van der Waals surface area contributed by atoms with E-state index >= 15 is 0 Å². The van der Waals surface area contributed by atoms with Crippen molar-refractivity contribution in [1.82, 2.24) is 15.5 Å². The van der Waals surface area contributed by atoms with Crippen LogP contribution in [0.1, 0.15) is 9.75 Å². The van der Waals surface area contributed by atoms with Crippen molar-refractivity contribution in [1.29, 1.82) is 0 Å². The van der Waals surface area contributed by atoms with Gasteiger partial charge >= 0.3 is 6.18 Å². The number of halogens is 3. The Kier molecular flexibility index (Phi) is 6.97. The van der Waals surface area contributed by atoms with Crippen molar-refractivity contribution < 1.29 is 13.2 Å². The number of thiophene rings is 1. The minimum absolute atomic E-state index is 0.290. The Labute approximate surface area is 127 Å². The summed E-state index contributed by atoms with van der Waals surface area (Å²) in [7, 11) is 3.08. The quantitative estimate of drug-likeness (QED) is 0.623. The topological polar surface area (TPSA) is 39.7 Å². The molecule has 0 aliphatic rings. The Morgan fingerprint density at radius 1 is 1.33 bits per heavy atom. The maximum Gasteiger partial charge on any atom is 0.401 e. The number of guanidine groups is 1. The maximum atomic E-state index is 12.2. The molecule has 1 rings (SSSR count). The van der Waals surface area contributed by atoms with Gasteiger partial charge in [0, 0.05) is 29.9 Å². The van der Waals surface area contributed by atoms with Crippen molar-refractivity contribution in [3.63, 3.8) is 0 Å². The monoisotopic (exact) mass is 322 g/mol. The molecule has 0 aromatic carbocycles. The predicted molar refractivity (Wildman–Crippen MR) is 80.8 cm³/mol. The number of likely N-dealkylation sites (N-methyl/N-ethyl adjacent to an activating group) is 1. The van der Waals surface area contributed by atoms with E-state index in [0.29, 0.717) is 25.6 Å². The molecule has 0 unspecified atom stereocenters. The minimum Gasteiger partial charge on any atom is -0.355 e. The van der Waals surface area contributed by atoms with Crippen LogP contribution in [0.25, 0.3) is 0 Å². The molecule has 0 bridgehead atoms. The fourth-order valence-electron chi connectivity index (χ4n) is 1.72. The van der Waals surface area contributed by atoms with Crippen LogP contribution in [-0.2, 0) is 6.54 Å². The van der Waals surface area contributed by atoms with E-state index in [1.165, 1.54) is 21.7 Å². The van der Waals surface area contributed by atoms with Crippen LogP contribution in [-0.4, -0.2) is 50.8 Å². The number of nitrogens with one attached hydrogen (secondary N) is 2. The summed E-state index contributed by atoms with van der Waals surface area (Å²) in [5, 5.41) is 6.13. The van der Waals surface area contributed by atoms with Crippen LogP contribution < -0.4 is 10.6 Å². The fourth-order valence-corrected chi connectivity index (χ4v) is 2.55. The van der Waals surface area contributed by atoms with Gasteiger partial charge < -0.3 is 10.6 Å². The molecule has 1 aromatic heterocycles. The summed E-state index contributed by atoms with van der Waals surface area (Å²) in [6.45, 7) is 2.47. The largest absolute Gasteiger partial charge is 0.401 e. The first kappa shape index (κ1) is 17.8. The summed E-state index contributed by atoms with van der Waals surface area (Å²) in [4.78, 5) is 7.69. The molecule has 1 aromatic rings. The summed E-state index contributed by atoms with van der Waals surface area (Å²) in [5.74, 6) is 0.585. The number of aryl methyl sites for hydroxylation is 1. The lowest BCUT2D eigenvalue weighted by Crippen LogP contribution is -2.42. The molecule has 0 aliphatic carbocycles. The first-order valence-electron chi connectivity index (χ1n) is 6.55. The molecule has 0 fully saturated rings. The second-order valence-electron chi connectivity index (χ2n) is 4.72. The van der Waals surface area contributed by atoms with Crippen molar-refractivity contribution >= 4 is 17.3 Å². The van der Waals surface area contributed by atoms with Crippen molar-refractivity contribution in [2.45, 2.75) is 19.6 Å². The molecular weight excluding hydrogens is 301 g/mol. The molecule has 4 nitrogen and oxygen atoms in total. The lowest BCUT2D eigenvalue weighted by atomic mass is 10.4. The highest BCUT2D eigenvalue weighted by atomic mass is 32.1. The second kappa shape index (κ2) is 8.23. The van der Waals surface area contributed by atoms with E-state index in [0.717, 1.165) is 0 Å². The number of nitrogens with zero attached hydrogens (tertiary/aromatic N) is 2. The molecule has 0 aliphatic heterocycles. The van der Waals surface area contributed by atoms with Gasteiger partial charge in [-0.05, 0) is 26.1 Å². The highest BCUT2D eigenvalue weighted by molar-refractivity contribution is 7.11. The summed E-state index contributed by atoms with van der Waals surface area (Å²) < 4.78 is 36.5. The average Bonchev–Trinajstić information content (AvgIpc) is 2.77. The van der Waals surface area contributed by atoms with E-state index in [4.69, 9.17) is 0 Å². The van der Waals surface area contributed by atoms with Gasteiger partial charge in [0.2, 0.25) is 0 Å². The number of rotatable bonds is 6. The number of hydrogen-bond acceptors (Lipinski definition) is 3. The zero-order valence-corrected chi connectivity index (χ0v) is 13.2. The van der Waals surface area contributed by atoms with Gasteiger partial charge in [-0.3, -0.25) is 9.89 Å². The van der Waals surface area contributed by atoms with Crippen LogP contribution in [0, 0.1) is 6.92 Å². The molecule has 0 atom stereocenters. The molecular formula is C13H21F3N4S. The van der Waals surface area contributed by atoms with Gasteiger partial charge in [0.1, 0.15) is 0 Å². The first-order chi connectivity index (χ1) is 9.80. The zero-order valence-electron chi connectivity index (χ0n) is 12.4. The van der Waals surface area contributed by atoms with E-state index < -0.39 is 12.7 Å². The van der Waals surface area contributed by atoms with Gasteiger partial charge in [-0.25, -0.2) is 0 Å². The number of hydrogen-bond donors (Lipinski definition) is 2. The molecule has 0 saturated carbocycles. The summed E-state index contributed by atoms with van der Waals surface area (Å²) >= 11 is 1.70. The standard InChI is InChI=1S/C13H21F3N4S/c1-10-4-5-11(21-10)8-19-12(17-2)18-6-7-20(3)9-13(14,15)16/h4-5H,6-9H2,1-3H3,(H2,17,18,19). The Balaban J connectivity index is 2.25. The Hall–Kier alpha value is -1.28. The van der Waals surface area contributed by atoms with E-state index in [9.17, 15) is 13.2 Å². The van der Waals surface area contributed by atoms with Crippen molar-refractivity contribution in [2.75, 3.05) is 33.7 Å². The van der Waals surface area contributed by atoms with Gasteiger partial charge in [0.25, 0.3) is 0 Å². The third-order valence-electron chi connectivity index (χ3n) is 2.68. The Bertz CT molecular complexity index is 457. The third-order valence-corrected chi connectivity index (χ3v) is 3.69. The van der Waals surface area contributed by atoms with Gasteiger partial charge in [-0.15, -0.1) is 11.3 Å². The average molecular weight is 322 g/mol. The SMILES string of the molecule is CN=C(NCCN(C)CC(F)(F)F)NCc1ccc(C)s1. The Morgan fingerprint density at radius 3 is 2.57 bits per heavy atom. The van der Waals surface area contributed by atoms with E-state index in [-0.39, 0.29) is 0 Å². The minimum atomic E-state index is -4.16. The normalized spacial score (nSPS) is 12.8. The molecule has 0 amide bonds. The molecule has 120 valence electrons. The van der Waals surface area contributed by atoms with Crippen LogP contribution in [0.15, 0.2) is 17.1 Å². The first-order valence-corrected chi connectivity index (χ1v) is 7.37. The second-order valence-corrected chi connectivity index (χ2v) is 6.09. The van der Waals surface area contributed by atoms with Gasteiger partial charge in [-0.1, -0.05) is 0 Å². The maximum absolute atomic E-state index is 12.2. The van der Waals surface area contributed by atoms with Crippen molar-refractivity contribution in [2.24, 2.45) is 4.99 Å². The molecule has 21 heavy (non-hydrogen) atoms.